The maximum Gasteiger partial charge on any atom is 0.235 e. The number of ether oxygens (including phenoxy) is 1. The number of benzene rings is 1. The minimum absolute atomic E-state index is 0.0170. The van der Waals surface area contributed by atoms with Crippen molar-refractivity contribution in [3.63, 3.8) is 0 Å². The Morgan fingerprint density at radius 2 is 1.81 bits per heavy atom. The van der Waals surface area contributed by atoms with Crippen LogP contribution in [0.25, 0.3) is 0 Å². The number of hydrogen-bond acceptors (Lipinski definition) is 3. The van der Waals surface area contributed by atoms with E-state index >= 15 is 0 Å². The average Bonchev–Trinajstić information content (AvgIpc) is 2.93. The van der Waals surface area contributed by atoms with Crippen LogP contribution in [0.1, 0.15) is 70.9 Å². The Balaban J connectivity index is 2.19. The third-order valence-corrected chi connectivity index (χ3v) is 4.95. The smallest absolute Gasteiger partial charge is 0.235 e. The van der Waals surface area contributed by atoms with Gasteiger partial charge in [0, 0.05) is 23.2 Å². The summed E-state index contributed by atoms with van der Waals surface area (Å²) in [6.45, 7) is 9.23. The molecule has 2 aromatic rings. The van der Waals surface area contributed by atoms with Gasteiger partial charge in [0.15, 0.2) is 5.78 Å². The number of H-pyrrole nitrogens is 1. The lowest BCUT2D eigenvalue weighted by atomic mass is 10.00. The van der Waals surface area contributed by atoms with Crippen LogP contribution in [0.3, 0.4) is 0 Å². The highest BCUT2D eigenvalue weighted by Crippen LogP contribution is 2.20. The normalized spacial score (nSPS) is 13.3. The zero-order valence-electron chi connectivity index (χ0n) is 16.5. The molecular weight excluding hydrogens is 328 g/mol. The van der Waals surface area contributed by atoms with E-state index in [1.54, 1.807) is 7.11 Å². The lowest BCUT2D eigenvalue weighted by molar-refractivity contribution is -0.712. The van der Waals surface area contributed by atoms with E-state index in [0.717, 1.165) is 29.0 Å². The first-order valence-corrected chi connectivity index (χ1v) is 9.03. The van der Waals surface area contributed by atoms with Crippen LogP contribution in [-0.2, 0) is 0 Å². The predicted molar refractivity (Wildman–Crippen MR) is 102 cm³/mol. The lowest BCUT2D eigenvalue weighted by Gasteiger charge is -2.19. The number of ketones is 2. The molecule has 0 aliphatic carbocycles. The molecule has 26 heavy (non-hydrogen) atoms. The molecule has 3 N–H and O–H groups in total. The van der Waals surface area contributed by atoms with Crippen molar-refractivity contribution >= 4 is 11.6 Å². The Hall–Kier alpha value is -2.40. The molecule has 2 rings (SSSR count). The number of hydrogen-bond donors (Lipinski definition) is 2. The Kier molecular flexibility index (Phi) is 6.37. The fourth-order valence-electron chi connectivity index (χ4n) is 3.52. The van der Waals surface area contributed by atoms with Gasteiger partial charge in [0.05, 0.1) is 12.8 Å². The molecule has 140 valence electrons. The van der Waals surface area contributed by atoms with Crippen molar-refractivity contribution in [2.24, 2.45) is 0 Å². The monoisotopic (exact) mass is 357 g/mol. The van der Waals surface area contributed by atoms with Crippen molar-refractivity contribution in [3.05, 3.63) is 52.3 Å². The van der Waals surface area contributed by atoms with E-state index in [2.05, 4.69) is 17.2 Å². The van der Waals surface area contributed by atoms with Gasteiger partial charge in [-0.15, -0.1) is 0 Å². The molecule has 0 radical (unpaired) electrons. The summed E-state index contributed by atoms with van der Waals surface area (Å²) in [6, 6.07) is 7.89. The Labute approximate surface area is 155 Å². The number of nitrogens with one attached hydrogen (secondary N) is 1. The summed E-state index contributed by atoms with van der Waals surface area (Å²) in [4.78, 5) is 27.9. The molecule has 5 nitrogen and oxygen atoms in total. The Morgan fingerprint density at radius 1 is 1.19 bits per heavy atom. The number of rotatable bonds is 8. The maximum absolute atomic E-state index is 12.9. The molecule has 0 saturated heterocycles. The zero-order valence-corrected chi connectivity index (χ0v) is 16.5. The quantitative estimate of drug-likeness (QED) is 0.713. The molecule has 0 spiro atoms. The van der Waals surface area contributed by atoms with Gasteiger partial charge in [0.25, 0.3) is 0 Å². The van der Waals surface area contributed by atoms with E-state index in [0.29, 0.717) is 11.3 Å². The molecule has 2 atom stereocenters. The Morgan fingerprint density at radius 3 is 2.27 bits per heavy atom. The minimum atomic E-state index is -0.251. The number of aromatic amines is 1. The first-order valence-electron chi connectivity index (χ1n) is 9.03. The predicted octanol–water partition coefficient (Wildman–Crippen LogP) is 3.13. The average molecular weight is 357 g/mol. The van der Waals surface area contributed by atoms with E-state index in [9.17, 15) is 9.59 Å². The van der Waals surface area contributed by atoms with Crippen LogP contribution in [0.5, 0.6) is 5.75 Å². The van der Waals surface area contributed by atoms with Crippen molar-refractivity contribution in [3.8, 4) is 5.75 Å². The molecule has 0 saturated carbocycles. The van der Waals surface area contributed by atoms with Crippen molar-refractivity contribution in [2.75, 3.05) is 7.11 Å². The summed E-state index contributed by atoms with van der Waals surface area (Å²) in [5.41, 5.74) is 3.84. The van der Waals surface area contributed by atoms with E-state index in [4.69, 9.17) is 4.74 Å². The van der Waals surface area contributed by atoms with Crippen LogP contribution in [0.4, 0.5) is 0 Å². The van der Waals surface area contributed by atoms with Crippen LogP contribution < -0.4 is 10.1 Å². The number of quaternary nitrogens is 1. The van der Waals surface area contributed by atoms with Crippen LogP contribution in [-0.4, -0.2) is 29.7 Å². The zero-order chi connectivity index (χ0) is 19.4. The first kappa shape index (κ1) is 19.9. The fourth-order valence-corrected chi connectivity index (χ4v) is 3.52. The highest BCUT2D eigenvalue weighted by Gasteiger charge is 2.27. The summed E-state index contributed by atoms with van der Waals surface area (Å²) in [7, 11) is 1.65. The third-order valence-electron chi connectivity index (χ3n) is 4.95. The molecule has 0 unspecified atom stereocenters. The number of Topliss-reactive ketones (excluding diaryl/α,β-unsaturated/α-hetero) is 2. The highest BCUT2D eigenvalue weighted by molar-refractivity contribution is 6.04. The topological polar surface area (TPSA) is 75.8 Å². The van der Waals surface area contributed by atoms with Gasteiger partial charge in [-0.1, -0.05) is 6.92 Å². The molecule has 0 bridgehead atoms. The third kappa shape index (κ3) is 4.05. The molecule has 0 fully saturated rings. The molecular formula is C21H29N2O3+. The number of nitrogens with two attached hydrogens (primary N) is 1. The summed E-state index contributed by atoms with van der Waals surface area (Å²) in [5, 5.41) is 2.09. The summed E-state index contributed by atoms with van der Waals surface area (Å²) >= 11 is 0. The van der Waals surface area contributed by atoms with E-state index in [1.807, 2.05) is 45.0 Å². The van der Waals surface area contributed by atoms with Gasteiger partial charge < -0.3 is 15.0 Å². The van der Waals surface area contributed by atoms with Gasteiger partial charge in [0.2, 0.25) is 5.78 Å². The molecule has 1 aromatic carbocycles. The molecule has 1 heterocycles. The summed E-state index contributed by atoms with van der Waals surface area (Å²) in [6.07, 6.45) is 0.908. The first-order chi connectivity index (χ1) is 12.3. The van der Waals surface area contributed by atoms with Gasteiger partial charge in [-0.2, -0.15) is 0 Å². The largest absolute Gasteiger partial charge is 0.497 e. The van der Waals surface area contributed by atoms with Crippen molar-refractivity contribution in [2.45, 2.75) is 53.1 Å². The highest BCUT2D eigenvalue weighted by atomic mass is 16.5. The summed E-state index contributed by atoms with van der Waals surface area (Å²) in [5.74, 6) is 0.823. The SMILES string of the molecule is CC[C@H]([NH2+][C@H](C)C(=O)c1[nH]c(C)c(C(C)=O)c1C)c1ccc(OC)cc1. The van der Waals surface area contributed by atoms with Crippen LogP contribution in [0.15, 0.2) is 24.3 Å². The molecule has 1 aromatic heterocycles. The number of methoxy groups -OCH3 is 1. The standard InChI is InChI=1S/C21H28N2O3/c1-7-18(16-8-10-17(26-6)11-9-16)22-14(4)21(25)20-12(2)19(15(5)24)13(3)23-20/h8-11,14,18,22-23H,7H2,1-6H3/p+1/t14-,18+/m1/s1. The molecule has 5 heteroatoms. The fraction of sp³-hybridized carbons (Fsp3) is 0.429. The van der Waals surface area contributed by atoms with Gasteiger partial charge in [-0.05, 0) is 57.5 Å². The van der Waals surface area contributed by atoms with Gasteiger partial charge >= 0.3 is 0 Å². The van der Waals surface area contributed by atoms with Crippen LogP contribution in [0, 0.1) is 13.8 Å². The van der Waals surface area contributed by atoms with Crippen LogP contribution >= 0.6 is 0 Å². The van der Waals surface area contributed by atoms with Crippen molar-refractivity contribution < 1.29 is 19.6 Å². The second-order valence-corrected chi connectivity index (χ2v) is 6.81. The van der Waals surface area contributed by atoms with Gasteiger partial charge in [-0.3, -0.25) is 9.59 Å². The number of aromatic nitrogens is 1. The van der Waals surface area contributed by atoms with Crippen molar-refractivity contribution in [1.82, 2.24) is 4.98 Å². The molecule has 0 aliphatic rings. The van der Waals surface area contributed by atoms with E-state index in [1.165, 1.54) is 6.92 Å². The van der Waals surface area contributed by atoms with Gasteiger partial charge in [0.1, 0.15) is 17.8 Å². The number of carbonyl (C=O) groups excluding carboxylic acids is 2. The second-order valence-electron chi connectivity index (χ2n) is 6.81. The molecule has 0 amide bonds. The van der Waals surface area contributed by atoms with Crippen LogP contribution in [0.2, 0.25) is 0 Å². The number of aryl methyl sites for hydroxylation is 1. The van der Waals surface area contributed by atoms with E-state index in [-0.39, 0.29) is 23.7 Å². The minimum Gasteiger partial charge on any atom is -0.497 e. The maximum atomic E-state index is 12.9. The number of carbonyl (C=O) groups is 2. The Bertz CT molecular complexity index is 790. The molecule has 0 aliphatic heterocycles. The van der Waals surface area contributed by atoms with Crippen molar-refractivity contribution in [1.29, 1.82) is 0 Å². The lowest BCUT2D eigenvalue weighted by Crippen LogP contribution is -2.91. The van der Waals surface area contributed by atoms with Gasteiger partial charge in [-0.25, -0.2) is 0 Å². The summed E-state index contributed by atoms with van der Waals surface area (Å²) < 4.78 is 5.21. The van der Waals surface area contributed by atoms with E-state index < -0.39 is 0 Å². The second kappa shape index (κ2) is 8.32.